The van der Waals surface area contributed by atoms with Crippen LogP contribution in [0.1, 0.15) is 16.7 Å². The summed E-state index contributed by atoms with van der Waals surface area (Å²) in [6.45, 7) is 0.325. The van der Waals surface area contributed by atoms with Crippen molar-refractivity contribution in [3.05, 3.63) is 64.7 Å². The summed E-state index contributed by atoms with van der Waals surface area (Å²) in [5.41, 5.74) is 6.65. The van der Waals surface area contributed by atoms with Crippen molar-refractivity contribution in [3.8, 4) is 11.8 Å². The van der Waals surface area contributed by atoms with Crippen LogP contribution in [0.4, 0.5) is 8.78 Å². The highest BCUT2D eigenvalue weighted by Crippen LogP contribution is 2.18. The number of nitrogens with zero attached hydrogens (tertiary/aromatic N) is 1. The van der Waals surface area contributed by atoms with E-state index in [1.807, 2.05) is 0 Å². The van der Waals surface area contributed by atoms with Gasteiger partial charge in [-0.25, -0.2) is 8.78 Å². The van der Waals surface area contributed by atoms with E-state index >= 15 is 0 Å². The zero-order chi connectivity index (χ0) is 14.5. The van der Waals surface area contributed by atoms with Crippen molar-refractivity contribution in [1.29, 1.82) is 5.26 Å². The molecule has 5 heteroatoms. The van der Waals surface area contributed by atoms with E-state index in [0.29, 0.717) is 16.9 Å². The van der Waals surface area contributed by atoms with Gasteiger partial charge < -0.3 is 10.5 Å². The summed E-state index contributed by atoms with van der Waals surface area (Å²) in [5.74, 6) is -0.666. The van der Waals surface area contributed by atoms with Crippen LogP contribution in [0.15, 0.2) is 36.4 Å². The first kappa shape index (κ1) is 14.0. The number of hydrogen-bond donors (Lipinski definition) is 1. The van der Waals surface area contributed by atoms with Crippen molar-refractivity contribution in [1.82, 2.24) is 0 Å². The number of halogens is 2. The van der Waals surface area contributed by atoms with Gasteiger partial charge >= 0.3 is 0 Å². The Morgan fingerprint density at radius 3 is 2.60 bits per heavy atom. The Bertz CT molecular complexity index is 665. The van der Waals surface area contributed by atoms with E-state index in [1.54, 1.807) is 12.1 Å². The minimum Gasteiger partial charge on any atom is -0.489 e. The fraction of sp³-hybridized carbons (Fsp3) is 0.133. The molecule has 0 saturated heterocycles. The summed E-state index contributed by atoms with van der Waals surface area (Å²) in [4.78, 5) is 0. The van der Waals surface area contributed by atoms with Crippen LogP contribution in [0.25, 0.3) is 0 Å². The predicted molar refractivity (Wildman–Crippen MR) is 69.7 cm³/mol. The van der Waals surface area contributed by atoms with Crippen LogP contribution < -0.4 is 10.5 Å². The Morgan fingerprint density at radius 2 is 1.90 bits per heavy atom. The molecule has 0 radical (unpaired) electrons. The molecule has 0 aliphatic carbocycles. The molecular formula is C15H12F2N2O. The minimum atomic E-state index is -0.576. The Balaban J connectivity index is 2.13. The van der Waals surface area contributed by atoms with E-state index in [0.717, 1.165) is 0 Å². The lowest BCUT2D eigenvalue weighted by Gasteiger charge is -2.08. The highest BCUT2D eigenvalue weighted by Gasteiger charge is 2.05. The maximum Gasteiger partial charge on any atom is 0.140 e. The van der Waals surface area contributed by atoms with Crippen molar-refractivity contribution >= 4 is 0 Å². The summed E-state index contributed by atoms with van der Waals surface area (Å²) < 4.78 is 31.9. The Kier molecular flexibility index (Phi) is 4.28. The van der Waals surface area contributed by atoms with E-state index < -0.39 is 11.6 Å². The van der Waals surface area contributed by atoms with E-state index in [4.69, 9.17) is 15.7 Å². The molecule has 2 aromatic rings. The normalized spacial score (nSPS) is 10.1. The molecule has 102 valence electrons. The highest BCUT2D eigenvalue weighted by atomic mass is 19.1. The molecule has 0 fully saturated rings. The summed E-state index contributed by atoms with van der Waals surface area (Å²) in [6, 6.07) is 10.1. The average molecular weight is 274 g/mol. The fourth-order valence-corrected chi connectivity index (χ4v) is 1.74. The van der Waals surface area contributed by atoms with Crippen molar-refractivity contribution in [3.63, 3.8) is 0 Å². The molecule has 0 aliphatic heterocycles. The lowest BCUT2D eigenvalue weighted by molar-refractivity contribution is 0.304. The van der Waals surface area contributed by atoms with Crippen LogP contribution in [0.3, 0.4) is 0 Å². The Labute approximate surface area is 115 Å². The van der Waals surface area contributed by atoms with Gasteiger partial charge in [0.25, 0.3) is 0 Å². The predicted octanol–water partition coefficient (Wildman–Crippen LogP) is 2.87. The molecule has 20 heavy (non-hydrogen) atoms. The number of rotatable bonds is 4. The molecule has 0 bridgehead atoms. The van der Waals surface area contributed by atoms with Gasteiger partial charge in [0.05, 0.1) is 5.56 Å². The third-order valence-corrected chi connectivity index (χ3v) is 2.72. The first-order chi connectivity index (χ1) is 9.62. The van der Waals surface area contributed by atoms with Gasteiger partial charge in [-0.3, -0.25) is 0 Å². The molecule has 2 aromatic carbocycles. The summed E-state index contributed by atoms with van der Waals surface area (Å²) in [6.07, 6.45) is 0. The van der Waals surface area contributed by atoms with E-state index in [9.17, 15) is 8.78 Å². The highest BCUT2D eigenvalue weighted by molar-refractivity contribution is 5.35. The number of nitrogens with two attached hydrogens (primary N) is 1. The molecule has 0 unspecified atom stereocenters. The molecule has 2 N–H and O–H groups in total. The molecule has 0 spiro atoms. The Hall–Kier alpha value is -2.45. The largest absolute Gasteiger partial charge is 0.489 e. The van der Waals surface area contributed by atoms with Crippen LogP contribution in [0.2, 0.25) is 0 Å². The maximum atomic E-state index is 13.3. The average Bonchev–Trinajstić information content (AvgIpc) is 2.45. The maximum absolute atomic E-state index is 13.3. The number of nitriles is 1. The van der Waals surface area contributed by atoms with Crippen LogP contribution in [-0.2, 0) is 13.2 Å². The topological polar surface area (TPSA) is 59.0 Å². The number of hydrogen-bond acceptors (Lipinski definition) is 3. The van der Waals surface area contributed by atoms with Crippen LogP contribution in [-0.4, -0.2) is 0 Å². The molecule has 0 amide bonds. The van der Waals surface area contributed by atoms with Gasteiger partial charge in [0.15, 0.2) is 0 Å². The van der Waals surface area contributed by atoms with Crippen molar-refractivity contribution in [2.45, 2.75) is 13.2 Å². The second-order valence-corrected chi connectivity index (χ2v) is 4.21. The Morgan fingerprint density at radius 1 is 1.10 bits per heavy atom. The molecule has 3 nitrogen and oxygen atoms in total. The zero-order valence-corrected chi connectivity index (χ0v) is 10.6. The standard InChI is InChI=1S/C15H12F2N2O/c16-13-4-11(7-18)5-14(6-13)20-9-10-1-2-15(17)12(3-10)8-19/h1-6H,7,9,18H2. The third kappa shape index (κ3) is 3.31. The molecular weight excluding hydrogens is 262 g/mol. The van der Waals surface area contributed by atoms with Crippen LogP contribution in [0.5, 0.6) is 5.75 Å². The zero-order valence-electron chi connectivity index (χ0n) is 10.6. The van der Waals surface area contributed by atoms with Gasteiger partial charge in [0, 0.05) is 12.6 Å². The monoisotopic (exact) mass is 274 g/mol. The SMILES string of the molecule is N#Cc1cc(COc2cc(F)cc(CN)c2)ccc1F. The molecule has 0 saturated carbocycles. The van der Waals surface area contributed by atoms with E-state index in [2.05, 4.69) is 0 Å². The van der Waals surface area contributed by atoms with Crippen molar-refractivity contribution < 1.29 is 13.5 Å². The van der Waals surface area contributed by atoms with Gasteiger partial charge in [-0.15, -0.1) is 0 Å². The lowest BCUT2D eigenvalue weighted by atomic mass is 10.1. The van der Waals surface area contributed by atoms with E-state index in [1.165, 1.54) is 30.3 Å². The van der Waals surface area contributed by atoms with Crippen molar-refractivity contribution in [2.75, 3.05) is 0 Å². The van der Waals surface area contributed by atoms with Gasteiger partial charge in [-0.1, -0.05) is 6.07 Å². The minimum absolute atomic E-state index is 0.0482. The van der Waals surface area contributed by atoms with Gasteiger partial charge in [-0.2, -0.15) is 5.26 Å². The first-order valence-corrected chi connectivity index (χ1v) is 5.93. The van der Waals surface area contributed by atoms with Crippen molar-refractivity contribution in [2.24, 2.45) is 5.73 Å². The number of benzene rings is 2. The van der Waals surface area contributed by atoms with Gasteiger partial charge in [0.2, 0.25) is 0 Å². The molecule has 2 rings (SSSR count). The second-order valence-electron chi connectivity index (χ2n) is 4.21. The quantitative estimate of drug-likeness (QED) is 0.932. The molecule has 0 aromatic heterocycles. The first-order valence-electron chi connectivity index (χ1n) is 5.93. The van der Waals surface area contributed by atoms with E-state index in [-0.39, 0.29) is 18.7 Å². The fourth-order valence-electron chi connectivity index (χ4n) is 1.74. The number of ether oxygens (including phenoxy) is 1. The lowest BCUT2D eigenvalue weighted by Crippen LogP contribution is -2.00. The smallest absolute Gasteiger partial charge is 0.140 e. The third-order valence-electron chi connectivity index (χ3n) is 2.72. The molecule has 0 heterocycles. The van der Waals surface area contributed by atoms with Gasteiger partial charge in [-0.05, 0) is 35.4 Å². The summed E-state index contributed by atoms with van der Waals surface area (Å²) in [5, 5.41) is 8.74. The second kappa shape index (κ2) is 6.13. The molecule has 0 aliphatic rings. The van der Waals surface area contributed by atoms with Gasteiger partial charge in [0.1, 0.15) is 30.1 Å². The summed E-state index contributed by atoms with van der Waals surface area (Å²) in [7, 11) is 0. The summed E-state index contributed by atoms with van der Waals surface area (Å²) >= 11 is 0. The molecule has 0 atom stereocenters. The van der Waals surface area contributed by atoms with Crippen LogP contribution in [0, 0.1) is 23.0 Å². The van der Waals surface area contributed by atoms with Crippen LogP contribution >= 0.6 is 0 Å².